The van der Waals surface area contributed by atoms with E-state index >= 15 is 0 Å². The zero-order valence-electron chi connectivity index (χ0n) is 9.18. The molecule has 89 valence electrons. The van der Waals surface area contributed by atoms with Crippen LogP contribution >= 0.6 is 0 Å². The fourth-order valence-electron chi connectivity index (χ4n) is 1.01. The van der Waals surface area contributed by atoms with Gasteiger partial charge in [-0.2, -0.15) is 0 Å². The number of hydrogen-bond acceptors (Lipinski definition) is 2. The van der Waals surface area contributed by atoms with Crippen molar-refractivity contribution in [3.05, 3.63) is 24.3 Å². The monoisotopic (exact) mass is 233 g/mol. The van der Waals surface area contributed by atoms with E-state index in [0.717, 1.165) is 0 Å². The summed E-state index contributed by atoms with van der Waals surface area (Å²) in [6.07, 6.45) is -4.74. The second-order valence-corrected chi connectivity index (χ2v) is 4.13. The van der Waals surface area contributed by atoms with Crippen LogP contribution in [0.15, 0.2) is 18.2 Å². The van der Waals surface area contributed by atoms with Crippen LogP contribution in [-0.2, 0) is 0 Å². The molecule has 0 atom stereocenters. The Hall–Kier alpha value is -1.39. The Morgan fingerprint density at radius 2 is 1.75 bits per heavy atom. The number of hydrogen-bond donors (Lipinski definition) is 0. The number of benzene rings is 1. The van der Waals surface area contributed by atoms with Crippen molar-refractivity contribution in [1.29, 1.82) is 0 Å². The van der Waals surface area contributed by atoms with Gasteiger partial charge in [0.2, 0.25) is 0 Å². The summed E-state index contributed by atoms with van der Waals surface area (Å²) in [5.41, 5.74) is -0.598. The van der Waals surface area contributed by atoms with Gasteiger partial charge in [0.15, 0.2) is 11.5 Å². The number of alkyl halides is 3. The molecule has 0 heterocycles. The molecular weight excluding hydrogens is 221 g/mol. The largest absolute Gasteiger partial charge is 0.573 e. The smallest absolute Gasteiger partial charge is 0.484 e. The molecule has 0 aliphatic heterocycles. The van der Waals surface area contributed by atoms with Crippen molar-refractivity contribution in [3.63, 3.8) is 0 Å². The van der Waals surface area contributed by atoms with Crippen molar-refractivity contribution in [1.82, 2.24) is 0 Å². The minimum atomic E-state index is -4.74. The third-order valence-electron chi connectivity index (χ3n) is 1.42. The first-order chi connectivity index (χ1) is 7.17. The first kappa shape index (κ1) is 12.7. The van der Waals surface area contributed by atoms with Crippen LogP contribution in [0.1, 0.15) is 20.8 Å². The maximum atomic E-state index is 12.1. The van der Waals surface area contributed by atoms with E-state index in [-0.39, 0.29) is 5.75 Å². The molecule has 0 aliphatic rings. The molecule has 0 unspecified atom stereocenters. The summed E-state index contributed by atoms with van der Waals surface area (Å²) in [5.74, 6) is -0.433. The number of para-hydroxylation sites is 1. The van der Waals surface area contributed by atoms with Gasteiger partial charge in [-0.1, -0.05) is 12.1 Å². The second kappa shape index (κ2) is 4.23. The average molecular weight is 233 g/mol. The van der Waals surface area contributed by atoms with Gasteiger partial charge in [-0.25, -0.2) is 0 Å². The molecule has 0 amide bonds. The molecule has 0 saturated heterocycles. The maximum absolute atomic E-state index is 12.1. The van der Waals surface area contributed by atoms with Crippen molar-refractivity contribution < 1.29 is 22.6 Å². The van der Waals surface area contributed by atoms with E-state index < -0.39 is 17.7 Å². The standard InChI is InChI=1S/C11H12F3O2/c1-10(2,3)15-8-6-4-5-7-9(8)16-11(12,13)14/h4-6H,1-3H3. The van der Waals surface area contributed by atoms with Crippen LogP contribution in [0.2, 0.25) is 0 Å². The van der Waals surface area contributed by atoms with Crippen LogP contribution in [-0.4, -0.2) is 12.0 Å². The molecule has 16 heavy (non-hydrogen) atoms. The van der Waals surface area contributed by atoms with Crippen LogP contribution in [0.3, 0.4) is 0 Å². The molecule has 0 aromatic heterocycles. The van der Waals surface area contributed by atoms with Gasteiger partial charge < -0.3 is 9.47 Å². The van der Waals surface area contributed by atoms with Crippen molar-refractivity contribution in [2.75, 3.05) is 0 Å². The van der Waals surface area contributed by atoms with E-state index in [9.17, 15) is 13.2 Å². The summed E-state index contributed by atoms with van der Waals surface area (Å²) in [4.78, 5) is 0. The van der Waals surface area contributed by atoms with E-state index in [1.54, 1.807) is 20.8 Å². The average Bonchev–Trinajstić information content (AvgIpc) is 2.03. The molecule has 2 nitrogen and oxygen atoms in total. The summed E-state index contributed by atoms with van der Waals surface area (Å²) in [5, 5.41) is 0. The Morgan fingerprint density at radius 3 is 2.25 bits per heavy atom. The molecule has 0 spiro atoms. The van der Waals surface area contributed by atoms with Gasteiger partial charge >= 0.3 is 6.36 Å². The van der Waals surface area contributed by atoms with Gasteiger partial charge in [0, 0.05) is 6.07 Å². The van der Waals surface area contributed by atoms with Gasteiger partial charge in [0.1, 0.15) is 5.60 Å². The lowest BCUT2D eigenvalue weighted by atomic mass is 10.2. The topological polar surface area (TPSA) is 18.5 Å². The molecule has 1 radical (unpaired) electrons. The van der Waals surface area contributed by atoms with Crippen molar-refractivity contribution in [2.45, 2.75) is 32.7 Å². The normalized spacial score (nSPS) is 12.4. The zero-order chi connectivity index (χ0) is 12.4. The Bertz CT molecular complexity index is 318. The minimum absolute atomic E-state index is 0.0207. The molecule has 1 aromatic carbocycles. The van der Waals surface area contributed by atoms with E-state index in [1.165, 1.54) is 18.2 Å². The van der Waals surface area contributed by atoms with Crippen LogP contribution in [0.4, 0.5) is 13.2 Å². The highest BCUT2D eigenvalue weighted by Gasteiger charge is 2.33. The highest BCUT2D eigenvalue weighted by molar-refractivity contribution is 5.39. The molecule has 0 saturated carbocycles. The summed E-state index contributed by atoms with van der Waals surface area (Å²) in [6.45, 7) is 5.20. The lowest BCUT2D eigenvalue weighted by molar-refractivity contribution is -0.275. The molecule has 1 aromatic rings. The van der Waals surface area contributed by atoms with Crippen LogP contribution < -0.4 is 9.47 Å². The predicted octanol–water partition coefficient (Wildman–Crippen LogP) is 3.56. The minimum Gasteiger partial charge on any atom is -0.484 e. The second-order valence-electron chi connectivity index (χ2n) is 4.13. The van der Waals surface area contributed by atoms with Gasteiger partial charge in [-0.15, -0.1) is 13.2 Å². The summed E-state index contributed by atoms with van der Waals surface area (Å²) in [6, 6.07) is 6.62. The van der Waals surface area contributed by atoms with Crippen molar-refractivity contribution in [3.8, 4) is 11.5 Å². The molecule has 1 rings (SSSR count). The predicted molar refractivity (Wildman–Crippen MR) is 52.3 cm³/mol. The van der Waals surface area contributed by atoms with Crippen LogP contribution in [0.25, 0.3) is 0 Å². The SMILES string of the molecule is CC(C)(C)Oc1ccc[c]c1OC(F)(F)F. The maximum Gasteiger partial charge on any atom is 0.573 e. The van der Waals surface area contributed by atoms with Gasteiger partial charge in [-0.05, 0) is 26.8 Å². The van der Waals surface area contributed by atoms with Crippen LogP contribution in [0, 0.1) is 6.07 Å². The van der Waals surface area contributed by atoms with Crippen molar-refractivity contribution >= 4 is 0 Å². The van der Waals surface area contributed by atoms with E-state index in [4.69, 9.17) is 4.74 Å². The quantitative estimate of drug-likeness (QED) is 0.777. The van der Waals surface area contributed by atoms with E-state index in [0.29, 0.717) is 0 Å². The molecule has 0 bridgehead atoms. The summed E-state index contributed by atoms with van der Waals surface area (Å²) >= 11 is 0. The highest BCUT2D eigenvalue weighted by Crippen LogP contribution is 2.33. The zero-order valence-corrected chi connectivity index (χ0v) is 9.18. The number of ether oxygens (including phenoxy) is 2. The Kier molecular flexibility index (Phi) is 3.35. The molecule has 5 heteroatoms. The summed E-state index contributed by atoms with van der Waals surface area (Å²) < 4.78 is 45.3. The highest BCUT2D eigenvalue weighted by atomic mass is 19.4. The Balaban J connectivity index is 2.92. The lowest BCUT2D eigenvalue weighted by Gasteiger charge is -2.23. The van der Waals surface area contributed by atoms with Gasteiger partial charge in [-0.3, -0.25) is 0 Å². The summed E-state index contributed by atoms with van der Waals surface area (Å²) in [7, 11) is 0. The molecular formula is C11H12F3O2. The number of rotatable bonds is 2. The Labute approximate surface area is 92.0 Å². The fourth-order valence-corrected chi connectivity index (χ4v) is 1.01. The number of halogens is 3. The van der Waals surface area contributed by atoms with E-state index in [2.05, 4.69) is 10.8 Å². The molecule has 0 N–H and O–H groups in total. The van der Waals surface area contributed by atoms with Crippen LogP contribution in [0.5, 0.6) is 11.5 Å². The molecule has 0 fully saturated rings. The first-order valence-electron chi connectivity index (χ1n) is 4.63. The third kappa shape index (κ3) is 4.42. The molecule has 0 aliphatic carbocycles. The third-order valence-corrected chi connectivity index (χ3v) is 1.42. The van der Waals surface area contributed by atoms with Crippen molar-refractivity contribution in [2.24, 2.45) is 0 Å². The Morgan fingerprint density at radius 1 is 1.12 bits per heavy atom. The fraction of sp³-hybridized carbons (Fsp3) is 0.455. The van der Waals surface area contributed by atoms with Gasteiger partial charge in [0.05, 0.1) is 0 Å². The lowest BCUT2D eigenvalue weighted by Crippen LogP contribution is -2.24. The first-order valence-corrected chi connectivity index (χ1v) is 4.63. The van der Waals surface area contributed by atoms with Gasteiger partial charge in [0.25, 0.3) is 0 Å². The van der Waals surface area contributed by atoms with E-state index in [1.807, 2.05) is 0 Å².